The summed E-state index contributed by atoms with van der Waals surface area (Å²) >= 11 is 3.14. The Morgan fingerprint density at radius 1 is 1.31 bits per heavy atom. The molecule has 0 aliphatic carbocycles. The zero-order valence-electron chi connectivity index (χ0n) is 16.0. The number of carboxylic acids is 1. The monoisotopic (exact) mass is 462 g/mol. The van der Waals surface area contributed by atoms with E-state index in [-0.39, 0.29) is 18.2 Å². The lowest BCUT2D eigenvalue weighted by atomic mass is 9.87. The number of benzene rings is 2. The summed E-state index contributed by atoms with van der Waals surface area (Å²) in [6.07, 6.45) is 0.669. The molecule has 4 nitrogen and oxygen atoms in total. The van der Waals surface area contributed by atoms with Crippen molar-refractivity contribution in [1.82, 2.24) is 9.88 Å². The summed E-state index contributed by atoms with van der Waals surface area (Å²) in [4.78, 5) is 16.7. The van der Waals surface area contributed by atoms with Crippen LogP contribution in [0, 0.1) is 17.6 Å². The van der Waals surface area contributed by atoms with E-state index in [0.717, 1.165) is 22.2 Å². The maximum Gasteiger partial charge on any atom is 0.307 e. The van der Waals surface area contributed by atoms with Crippen LogP contribution in [0.4, 0.5) is 8.78 Å². The first-order valence-corrected chi connectivity index (χ1v) is 10.3. The molecule has 1 aliphatic rings. The fourth-order valence-electron chi connectivity index (χ4n) is 4.31. The fourth-order valence-corrected chi connectivity index (χ4v) is 4.71. The fraction of sp³-hybridized carbons (Fsp3) is 0.318. The van der Waals surface area contributed by atoms with Crippen molar-refractivity contribution in [3.63, 3.8) is 0 Å². The lowest BCUT2D eigenvalue weighted by Gasteiger charge is -2.41. The maximum atomic E-state index is 15.0. The van der Waals surface area contributed by atoms with Gasteiger partial charge in [0.25, 0.3) is 0 Å². The number of carboxylic acid groups (broad SMARTS) is 1. The Morgan fingerprint density at radius 3 is 2.62 bits per heavy atom. The number of aromatic amines is 1. The molecule has 2 heterocycles. The Morgan fingerprint density at radius 2 is 1.97 bits per heavy atom. The van der Waals surface area contributed by atoms with E-state index >= 15 is 8.78 Å². The van der Waals surface area contributed by atoms with E-state index < -0.39 is 29.6 Å². The zero-order chi connectivity index (χ0) is 20.9. The standard InChI is InChI=1S/C22H21BrF2N2O2/c1-11(22(28)29)10-27-12(2)7-15-14-5-3-4-6-18(14)26-20(15)21(27)19-16(24)8-13(23)9-17(19)25/h3-6,8-9,11-12,21,26H,7,10H2,1-2H3,(H,28,29)/t11-,12+,21+/m0/s1. The highest BCUT2D eigenvalue weighted by molar-refractivity contribution is 9.10. The minimum absolute atomic E-state index is 0.0647. The largest absolute Gasteiger partial charge is 0.481 e. The van der Waals surface area contributed by atoms with Gasteiger partial charge in [-0.15, -0.1) is 0 Å². The number of rotatable bonds is 4. The summed E-state index contributed by atoms with van der Waals surface area (Å²) < 4.78 is 30.4. The second-order valence-corrected chi connectivity index (χ2v) is 8.65. The Bertz CT molecular complexity index is 1070. The number of hydrogen-bond acceptors (Lipinski definition) is 2. The van der Waals surface area contributed by atoms with Crippen molar-refractivity contribution >= 4 is 32.8 Å². The summed E-state index contributed by atoms with van der Waals surface area (Å²) in [5, 5.41) is 10.5. The lowest BCUT2D eigenvalue weighted by Crippen LogP contribution is -2.46. The molecular weight excluding hydrogens is 442 g/mol. The third kappa shape index (κ3) is 3.46. The molecule has 0 saturated heterocycles. The Hall–Kier alpha value is -2.25. The summed E-state index contributed by atoms with van der Waals surface area (Å²) in [6, 6.07) is 9.46. The number of fused-ring (bicyclic) bond motifs is 3. The van der Waals surface area contributed by atoms with Crippen LogP contribution in [-0.2, 0) is 11.2 Å². The first kappa shape index (κ1) is 20.0. The quantitative estimate of drug-likeness (QED) is 0.555. The van der Waals surface area contributed by atoms with Gasteiger partial charge >= 0.3 is 5.97 Å². The molecule has 1 aliphatic heterocycles. The van der Waals surface area contributed by atoms with Crippen molar-refractivity contribution in [3.8, 4) is 0 Å². The Kier molecular flexibility index (Phi) is 5.21. The Labute approximate surface area is 175 Å². The van der Waals surface area contributed by atoms with Gasteiger partial charge in [-0.25, -0.2) is 8.78 Å². The SMILES string of the molecule is C[C@@H]1Cc2c([nH]c3ccccc23)[C@@H](c2c(F)cc(Br)cc2F)N1C[C@H](C)C(=O)O. The van der Waals surface area contributed by atoms with Crippen molar-refractivity contribution in [2.75, 3.05) is 6.54 Å². The molecule has 3 atom stereocenters. The van der Waals surface area contributed by atoms with Crippen LogP contribution < -0.4 is 0 Å². The molecule has 152 valence electrons. The molecule has 4 rings (SSSR count). The predicted molar refractivity (Wildman–Crippen MR) is 111 cm³/mol. The number of aromatic nitrogens is 1. The Balaban J connectivity index is 1.94. The highest BCUT2D eigenvalue weighted by atomic mass is 79.9. The van der Waals surface area contributed by atoms with E-state index in [2.05, 4.69) is 20.9 Å². The van der Waals surface area contributed by atoms with E-state index in [1.165, 1.54) is 12.1 Å². The third-order valence-corrected chi connectivity index (χ3v) is 6.20. The van der Waals surface area contributed by atoms with Crippen molar-refractivity contribution < 1.29 is 18.7 Å². The molecule has 0 spiro atoms. The molecule has 7 heteroatoms. The van der Waals surface area contributed by atoms with Crippen LogP contribution in [0.5, 0.6) is 0 Å². The number of halogens is 3. The third-order valence-electron chi connectivity index (χ3n) is 5.74. The van der Waals surface area contributed by atoms with Gasteiger partial charge in [-0.2, -0.15) is 0 Å². The number of para-hydroxylation sites is 1. The van der Waals surface area contributed by atoms with Gasteiger partial charge in [-0.3, -0.25) is 9.69 Å². The molecule has 0 amide bonds. The first-order valence-electron chi connectivity index (χ1n) is 9.50. The topological polar surface area (TPSA) is 56.3 Å². The number of hydrogen-bond donors (Lipinski definition) is 2. The van der Waals surface area contributed by atoms with Gasteiger partial charge in [0, 0.05) is 39.2 Å². The predicted octanol–water partition coefficient (Wildman–Crippen LogP) is 5.27. The lowest BCUT2D eigenvalue weighted by molar-refractivity contribution is -0.142. The summed E-state index contributed by atoms with van der Waals surface area (Å²) in [5.41, 5.74) is 2.59. The summed E-state index contributed by atoms with van der Waals surface area (Å²) in [7, 11) is 0. The molecule has 0 bridgehead atoms. The van der Waals surface area contributed by atoms with Crippen LogP contribution in [-0.4, -0.2) is 33.5 Å². The van der Waals surface area contributed by atoms with Gasteiger partial charge in [0.05, 0.1) is 12.0 Å². The van der Waals surface area contributed by atoms with Crippen LogP contribution >= 0.6 is 15.9 Å². The van der Waals surface area contributed by atoms with Gasteiger partial charge < -0.3 is 10.1 Å². The summed E-state index contributed by atoms with van der Waals surface area (Å²) in [5.74, 6) is -2.93. The van der Waals surface area contributed by atoms with Gasteiger partial charge in [0.15, 0.2) is 0 Å². The van der Waals surface area contributed by atoms with Gasteiger partial charge in [-0.1, -0.05) is 41.1 Å². The molecule has 0 unspecified atom stereocenters. The van der Waals surface area contributed by atoms with Crippen molar-refractivity contribution in [1.29, 1.82) is 0 Å². The maximum absolute atomic E-state index is 15.0. The summed E-state index contributed by atoms with van der Waals surface area (Å²) in [6.45, 7) is 3.77. The second kappa shape index (κ2) is 7.54. The number of carbonyl (C=O) groups is 1. The van der Waals surface area contributed by atoms with E-state index in [1.54, 1.807) is 6.92 Å². The first-order chi connectivity index (χ1) is 13.8. The minimum Gasteiger partial charge on any atom is -0.481 e. The normalized spacial score (nSPS) is 20.6. The van der Waals surface area contributed by atoms with Crippen LogP contribution in [0.1, 0.15) is 36.7 Å². The van der Waals surface area contributed by atoms with Crippen LogP contribution in [0.3, 0.4) is 0 Å². The van der Waals surface area contributed by atoms with Crippen molar-refractivity contribution in [3.05, 3.63) is 69.3 Å². The van der Waals surface area contributed by atoms with Crippen LogP contribution in [0.2, 0.25) is 0 Å². The van der Waals surface area contributed by atoms with E-state index in [9.17, 15) is 9.90 Å². The van der Waals surface area contributed by atoms with Crippen LogP contribution in [0.25, 0.3) is 10.9 Å². The van der Waals surface area contributed by atoms with Crippen molar-refractivity contribution in [2.24, 2.45) is 5.92 Å². The number of aliphatic carboxylic acids is 1. The second-order valence-electron chi connectivity index (χ2n) is 7.74. The number of H-pyrrole nitrogens is 1. The average Bonchev–Trinajstić information content (AvgIpc) is 3.01. The highest BCUT2D eigenvalue weighted by Gasteiger charge is 2.39. The van der Waals surface area contributed by atoms with Gasteiger partial charge in [0.1, 0.15) is 11.6 Å². The molecule has 3 aromatic rings. The smallest absolute Gasteiger partial charge is 0.307 e. The molecule has 2 N–H and O–H groups in total. The highest BCUT2D eigenvalue weighted by Crippen LogP contribution is 2.43. The number of nitrogens with zero attached hydrogens (tertiary/aromatic N) is 1. The minimum atomic E-state index is -0.935. The molecule has 0 fully saturated rings. The van der Waals surface area contributed by atoms with Gasteiger partial charge in [-0.05, 0) is 37.1 Å². The average molecular weight is 463 g/mol. The molecule has 29 heavy (non-hydrogen) atoms. The number of nitrogens with one attached hydrogen (secondary N) is 1. The van der Waals surface area contributed by atoms with E-state index in [1.807, 2.05) is 36.1 Å². The van der Waals surface area contributed by atoms with Crippen LogP contribution in [0.15, 0.2) is 40.9 Å². The molecule has 0 saturated carbocycles. The zero-order valence-corrected chi connectivity index (χ0v) is 17.6. The van der Waals surface area contributed by atoms with Crippen molar-refractivity contribution in [2.45, 2.75) is 32.4 Å². The molecule has 1 aromatic heterocycles. The van der Waals surface area contributed by atoms with E-state index in [4.69, 9.17) is 0 Å². The van der Waals surface area contributed by atoms with Gasteiger partial charge in [0.2, 0.25) is 0 Å². The molecular formula is C22H21BrF2N2O2. The molecule has 0 radical (unpaired) electrons. The molecule has 2 aromatic carbocycles. The van der Waals surface area contributed by atoms with E-state index in [0.29, 0.717) is 10.9 Å².